The van der Waals surface area contributed by atoms with Crippen LogP contribution in [-0.4, -0.2) is 38.3 Å². The van der Waals surface area contributed by atoms with Gasteiger partial charge in [-0.3, -0.25) is 4.79 Å². The van der Waals surface area contributed by atoms with Crippen molar-refractivity contribution in [2.45, 2.75) is 6.42 Å². The molecule has 0 aromatic rings. The van der Waals surface area contributed by atoms with E-state index in [2.05, 4.69) is 5.32 Å². The number of rotatable bonds is 6. The van der Waals surface area contributed by atoms with Gasteiger partial charge in [-0.2, -0.15) is 0 Å². The van der Waals surface area contributed by atoms with Crippen molar-refractivity contribution < 1.29 is 18.3 Å². The summed E-state index contributed by atoms with van der Waals surface area (Å²) in [6.45, 7) is 0.441. The van der Waals surface area contributed by atoms with Gasteiger partial charge in [0.2, 0.25) is 10.0 Å². The van der Waals surface area contributed by atoms with E-state index in [-0.39, 0.29) is 25.3 Å². The number of aliphatic carboxylic acids is 1. The summed E-state index contributed by atoms with van der Waals surface area (Å²) >= 11 is 0. The number of carbonyl (C=O) groups is 1. The van der Waals surface area contributed by atoms with Crippen LogP contribution in [0.1, 0.15) is 6.42 Å². The summed E-state index contributed by atoms with van der Waals surface area (Å²) in [7, 11) is -3.43. The lowest BCUT2D eigenvalue weighted by Crippen LogP contribution is -2.28. The zero-order valence-corrected chi connectivity index (χ0v) is 7.30. The van der Waals surface area contributed by atoms with Gasteiger partial charge in [0, 0.05) is 13.1 Å². The molecule has 4 N–H and O–H groups in total. The Morgan fingerprint density at radius 2 is 2.00 bits per heavy atom. The Balaban J connectivity index is 3.29. The van der Waals surface area contributed by atoms with Gasteiger partial charge in [0.15, 0.2) is 0 Å². The van der Waals surface area contributed by atoms with E-state index < -0.39 is 16.0 Å². The SMILES string of the molecule is NS(=O)(=O)CCNCCC(=O)O. The topological polar surface area (TPSA) is 109 Å². The number of primary sulfonamides is 1. The number of carboxylic acid groups (broad SMARTS) is 1. The molecule has 0 aliphatic carbocycles. The smallest absolute Gasteiger partial charge is 0.304 e. The first kappa shape index (κ1) is 11.3. The zero-order valence-electron chi connectivity index (χ0n) is 6.49. The first-order valence-electron chi connectivity index (χ1n) is 3.35. The highest BCUT2D eigenvalue weighted by Crippen LogP contribution is 1.77. The number of hydrogen-bond acceptors (Lipinski definition) is 4. The summed E-state index contributed by atoms with van der Waals surface area (Å²) in [5, 5.41) is 15.5. The minimum Gasteiger partial charge on any atom is -0.481 e. The Labute approximate surface area is 70.8 Å². The van der Waals surface area contributed by atoms with Crippen molar-refractivity contribution in [3.63, 3.8) is 0 Å². The molecule has 0 atom stereocenters. The van der Waals surface area contributed by atoms with E-state index in [0.29, 0.717) is 0 Å². The predicted octanol–water partition coefficient (Wildman–Crippen LogP) is -1.66. The zero-order chi connectivity index (χ0) is 9.61. The Morgan fingerprint density at radius 3 is 2.42 bits per heavy atom. The molecule has 0 aliphatic rings. The molecule has 0 amide bonds. The van der Waals surface area contributed by atoms with Crippen LogP contribution in [0.15, 0.2) is 0 Å². The van der Waals surface area contributed by atoms with Crippen molar-refractivity contribution in [3.05, 3.63) is 0 Å². The van der Waals surface area contributed by atoms with Crippen LogP contribution < -0.4 is 10.5 Å². The van der Waals surface area contributed by atoms with E-state index in [9.17, 15) is 13.2 Å². The third-order valence-electron chi connectivity index (χ3n) is 1.08. The highest BCUT2D eigenvalue weighted by Gasteiger charge is 2.01. The molecule has 0 heterocycles. The summed E-state index contributed by atoms with van der Waals surface area (Å²) in [4.78, 5) is 9.98. The third kappa shape index (κ3) is 9.34. The quantitative estimate of drug-likeness (QED) is 0.440. The average molecular weight is 196 g/mol. The molecular formula is C5H12N2O4S. The maximum atomic E-state index is 10.3. The summed E-state index contributed by atoms with van der Waals surface area (Å²) in [5.41, 5.74) is 0. The third-order valence-corrected chi connectivity index (χ3v) is 1.85. The highest BCUT2D eigenvalue weighted by molar-refractivity contribution is 7.89. The minimum atomic E-state index is -3.43. The van der Waals surface area contributed by atoms with Gasteiger partial charge in [0.25, 0.3) is 0 Å². The maximum Gasteiger partial charge on any atom is 0.304 e. The van der Waals surface area contributed by atoms with Gasteiger partial charge in [-0.25, -0.2) is 13.6 Å². The average Bonchev–Trinajstić information content (AvgIpc) is 1.83. The maximum absolute atomic E-state index is 10.3. The predicted molar refractivity (Wildman–Crippen MR) is 43.1 cm³/mol. The molecule has 6 nitrogen and oxygen atoms in total. The standard InChI is InChI=1S/C5H12N2O4S/c6-12(10,11)4-3-7-2-1-5(8)9/h7H,1-4H2,(H,8,9)(H2,6,10,11). The van der Waals surface area contributed by atoms with Crippen molar-refractivity contribution in [2.75, 3.05) is 18.8 Å². The second-order valence-electron chi connectivity index (χ2n) is 2.26. The van der Waals surface area contributed by atoms with Crippen LogP contribution in [0, 0.1) is 0 Å². The Hall–Kier alpha value is -0.660. The van der Waals surface area contributed by atoms with Crippen molar-refractivity contribution in [1.82, 2.24) is 5.32 Å². The van der Waals surface area contributed by atoms with Gasteiger partial charge in [0.1, 0.15) is 0 Å². The molecule has 0 aromatic carbocycles. The second kappa shape index (κ2) is 5.07. The van der Waals surface area contributed by atoms with Crippen molar-refractivity contribution in [1.29, 1.82) is 0 Å². The lowest BCUT2D eigenvalue weighted by molar-refractivity contribution is -0.136. The first-order chi connectivity index (χ1) is 5.42. The normalized spacial score (nSPS) is 11.4. The fourth-order valence-electron chi connectivity index (χ4n) is 0.535. The van der Waals surface area contributed by atoms with Gasteiger partial charge in [-0.15, -0.1) is 0 Å². The van der Waals surface area contributed by atoms with Gasteiger partial charge in [-0.1, -0.05) is 0 Å². The van der Waals surface area contributed by atoms with Crippen molar-refractivity contribution >= 4 is 16.0 Å². The molecule has 0 bridgehead atoms. The molecule has 0 rings (SSSR count). The largest absolute Gasteiger partial charge is 0.481 e. The number of hydrogen-bond donors (Lipinski definition) is 3. The van der Waals surface area contributed by atoms with E-state index in [1.165, 1.54) is 0 Å². The molecule has 0 saturated carbocycles. The lowest BCUT2D eigenvalue weighted by Gasteiger charge is -2.00. The molecular weight excluding hydrogens is 184 g/mol. The monoisotopic (exact) mass is 196 g/mol. The van der Waals surface area contributed by atoms with E-state index in [0.717, 1.165) is 0 Å². The molecule has 0 spiro atoms. The van der Waals surface area contributed by atoms with Crippen LogP contribution in [0.2, 0.25) is 0 Å². The molecule has 0 aromatic heterocycles. The van der Waals surface area contributed by atoms with Crippen molar-refractivity contribution in [3.8, 4) is 0 Å². The van der Waals surface area contributed by atoms with Crippen LogP contribution in [0.5, 0.6) is 0 Å². The van der Waals surface area contributed by atoms with Gasteiger partial charge >= 0.3 is 5.97 Å². The number of sulfonamides is 1. The minimum absolute atomic E-state index is 0.0232. The Kier molecular flexibility index (Phi) is 4.79. The lowest BCUT2D eigenvalue weighted by atomic mass is 10.4. The fourth-order valence-corrected chi connectivity index (χ4v) is 0.964. The molecule has 72 valence electrons. The van der Waals surface area contributed by atoms with Crippen LogP contribution in [0.25, 0.3) is 0 Å². The summed E-state index contributed by atoms with van der Waals surface area (Å²) in [5.74, 6) is -1.09. The number of nitrogens with one attached hydrogen (secondary N) is 1. The first-order valence-corrected chi connectivity index (χ1v) is 5.06. The molecule has 0 aliphatic heterocycles. The van der Waals surface area contributed by atoms with Crippen LogP contribution >= 0.6 is 0 Å². The number of nitrogens with two attached hydrogens (primary N) is 1. The summed E-state index contributed by atoms with van der Waals surface area (Å²) < 4.78 is 20.7. The second-order valence-corrected chi connectivity index (χ2v) is 3.99. The summed E-state index contributed by atoms with van der Waals surface area (Å²) in [6.07, 6.45) is -0.0232. The summed E-state index contributed by atoms with van der Waals surface area (Å²) in [6, 6.07) is 0. The Morgan fingerprint density at radius 1 is 1.42 bits per heavy atom. The van der Waals surface area contributed by atoms with Gasteiger partial charge in [-0.05, 0) is 0 Å². The van der Waals surface area contributed by atoms with E-state index in [1.54, 1.807) is 0 Å². The van der Waals surface area contributed by atoms with E-state index in [4.69, 9.17) is 10.2 Å². The number of carboxylic acids is 1. The molecule has 12 heavy (non-hydrogen) atoms. The van der Waals surface area contributed by atoms with Crippen molar-refractivity contribution in [2.24, 2.45) is 5.14 Å². The molecule has 0 saturated heterocycles. The highest BCUT2D eigenvalue weighted by atomic mass is 32.2. The molecule has 0 unspecified atom stereocenters. The molecule has 0 fully saturated rings. The van der Waals surface area contributed by atoms with E-state index in [1.807, 2.05) is 0 Å². The van der Waals surface area contributed by atoms with Crippen LogP contribution in [0.4, 0.5) is 0 Å². The molecule has 0 radical (unpaired) electrons. The fraction of sp³-hybridized carbons (Fsp3) is 0.800. The molecule has 7 heteroatoms. The van der Waals surface area contributed by atoms with Crippen LogP contribution in [0.3, 0.4) is 0 Å². The van der Waals surface area contributed by atoms with Crippen LogP contribution in [-0.2, 0) is 14.8 Å². The van der Waals surface area contributed by atoms with Gasteiger partial charge < -0.3 is 10.4 Å². The Bertz CT molecular complexity index is 236. The van der Waals surface area contributed by atoms with Gasteiger partial charge in [0.05, 0.1) is 12.2 Å². The van der Waals surface area contributed by atoms with E-state index >= 15 is 0 Å².